The van der Waals surface area contributed by atoms with Gasteiger partial charge in [0.25, 0.3) is 0 Å². The Labute approximate surface area is 74.9 Å². The van der Waals surface area contributed by atoms with Crippen molar-refractivity contribution in [2.75, 3.05) is 4.43 Å². The molecule has 0 aromatic rings. The molecule has 1 aliphatic rings. The van der Waals surface area contributed by atoms with Crippen LogP contribution in [0.5, 0.6) is 0 Å². The van der Waals surface area contributed by atoms with Crippen LogP contribution in [0.25, 0.3) is 0 Å². The normalized spacial score (nSPS) is 33.0. The predicted molar refractivity (Wildman–Crippen MR) is 31.9 cm³/mol. The zero-order chi connectivity index (χ0) is 5.11. The van der Waals surface area contributed by atoms with Gasteiger partial charge >= 0.3 is 76.3 Å². The Morgan fingerprint density at radius 3 is 2.86 bits per heavy atom. The van der Waals surface area contributed by atoms with Crippen molar-refractivity contribution in [2.24, 2.45) is 0 Å². The molecule has 0 amide bonds. The second-order valence-electron chi connectivity index (χ2n) is 1.46. The van der Waals surface area contributed by atoms with Crippen molar-refractivity contribution in [3.8, 4) is 0 Å². The van der Waals surface area contributed by atoms with Gasteiger partial charge in [-0.15, -0.1) is 0 Å². The van der Waals surface area contributed by atoms with Gasteiger partial charge in [0, 0.05) is 0 Å². The molecule has 1 unspecified atom stereocenters. The topological polar surface area (TPSA) is 0 Å². The molecule has 7 heavy (non-hydrogen) atoms. The van der Waals surface area contributed by atoms with Crippen LogP contribution in [0.4, 0.5) is 0 Å². The first-order chi connectivity index (χ1) is 3.43. The van der Waals surface area contributed by atoms with Crippen LogP contribution >= 0.6 is 18.6 Å². The van der Waals surface area contributed by atoms with Gasteiger partial charge in [-0.1, -0.05) is 0 Å². The number of halogens is 3. The molecular formula is C4H7I3-2. The minimum atomic E-state index is 0.623. The van der Waals surface area contributed by atoms with E-state index in [1.54, 1.807) is 17.3 Å². The zero-order valence-electron chi connectivity index (χ0n) is 3.83. The minimum absolute atomic E-state index is 0.623. The molecule has 1 heterocycles. The van der Waals surface area contributed by atoms with Crippen molar-refractivity contribution in [3.05, 3.63) is 0 Å². The summed E-state index contributed by atoms with van der Waals surface area (Å²) in [6, 6.07) is 0. The summed E-state index contributed by atoms with van der Waals surface area (Å²) >= 11 is 3.97. The fourth-order valence-corrected chi connectivity index (χ4v) is 13.5. The molecular weight excluding hydrogens is 429 g/mol. The van der Waals surface area contributed by atoms with Gasteiger partial charge in [-0.05, 0) is 0 Å². The zero-order valence-corrected chi connectivity index (χ0v) is 10.3. The molecule has 1 rings (SSSR count). The quantitative estimate of drug-likeness (QED) is 0.288. The van der Waals surface area contributed by atoms with E-state index in [0.29, 0.717) is 17.2 Å². The van der Waals surface area contributed by atoms with Crippen LogP contribution in [-0.4, -0.2) is 6.36 Å². The van der Waals surface area contributed by atoms with Crippen LogP contribution in [-0.2, 0) is 0 Å². The Morgan fingerprint density at radius 1 is 1.71 bits per heavy atom. The SMILES string of the molecule is I[I-]C1CCC[I-]1. The molecule has 0 saturated carbocycles. The van der Waals surface area contributed by atoms with E-state index in [-0.39, 0.29) is 0 Å². The summed E-state index contributed by atoms with van der Waals surface area (Å²) in [7, 11) is 0. The average molecular weight is 436 g/mol. The second kappa shape index (κ2) is 4.08. The summed E-state index contributed by atoms with van der Waals surface area (Å²) in [6.07, 6.45) is 3.17. The molecule has 1 atom stereocenters. The summed E-state index contributed by atoms with van der Waals surface area (Å²) in [5.41, 5.74) is 0. The van der Waals surface area contributed by atoms with E-state index in [1.807, 2.05) is 0 Å². The molecule has 1 fully saturated rings. The summed E-state index contributed by atoms with van der Waals surface area (Å²) in [4.78, 5) is 0. The Hall–Kier alpha value is 2.19. The van der Waals surface area contributed by atoms with Crippen LogP contribution < -0.4 is 38.4 Å². The maximum atomic E-state index is 2.63. The van der Waals surface area contributed by atoms with E-state index in [2.05, 4.69) is 18.6 Å². The molecule has 0 bridgehead atoms. The Morgan fingerprint density at radius 2 is 2.57 bits per heavy atom. The van der Waals surface area contributed by atoms with E-state index in [9.17, 15) is 0 Å². The van der Waals surface area contributed by atoms with Crippen molar-refractivity contribution in [1.82, 2.24) is 0 Å². The Balaban J connectivity index is 2.14. The third-order valence-electron chi connectivity index (χ3n) is 0.922. The van der Waals surface area contributed by atoms with Crippen LogP contribution in [0.15, 0.2) is 0 Å². The van der Waals surface area contributed by atoms with Crippen molar-refractivity contribution < 1.29 is 38.4 Å². The van der Waals surface area contributed by atoms with Gasteiger partial charge in [0.1, 0.15) is 0 Å². The molecule has 1 aliphatic heterocycles. The van der Waals surface area contributed by atoms with Crippen molar-refractivity contribution in [2.45, 2.75) is 14.8 Å². The number of rotatable bonds is 1. The molecule has 3 heteroatoms. The van der Waals surface area contributed by atoms with E-state index >= 15 is 0 Å². The van der Waals surface area contributed by atoms with Crippen LogP contribution in [0, 0.1) is 0 Å². The monoisotopic (exact) mass is 436 g/mol. The van der Waals surface area contributed by atoms with Gasteiger partial charge < -0.3 is 0 Å². The van der Waals surface area contributed by atoms with E-state index < -0.39 is 0 Å². The predicted octanol–water partition coefficient (Wildman–Crippen LogP) is -4.37. The first-order valence-corrected chi connectivity index (χ1v) is 12.6. The molecule has 0 N–H and O–H groups in total. The molecule has 0 aliphatic carbocycles. The molecule has 0 aromatic heterocycles. The Bertz CT molecular complexity index is 48.9. The van der Waals surface area contributed by atoms with Gasteiger partial charge in [-0.3, -0.25) is 0 Å². The van der Waals surface area contributed by atoms with Crippen molar-refractivity contribution >= 4 is 18.6 Å². The third-order valence-corrected chi connectivity index (χ3v) is 18.7. The van der Waals surface area contributed by atoms with Crippen molar-refractivity contribution in [3.63, 3.8) is 0 Å². The summed E-state index contributed by atoms with van der Waals surface area (Å²) in [5.74, 6) is 0. The van der Waals surface area contributed by atoms with E-state index in [0.717, 1.165) is 21.2 Å². The molecule has 1 saturated heterocycles. The van der Waals surface area contributed by atoms with Gasteiger partial charge in [-0.25, -0.2) is 0 Å². The Kier molecular flexibility index (Phi) is 4.25. The fraction of sp³-hybridized carbons (Fsp3) is 1.00. The molecule has 0 radical (unpaired) electrons. The molecule has 0 nitrogen and oxygen atoms in total. The maximum absolute atomic E-state index is 2.63. The van der Waals surface area contributed by atoms with E-state index in [4.69, 9.17) is 0 Å². The standard InChI is InChI=1S/C4H7I3/c5-7-4-2-1-3-6-4/h4H,1-3H2/q-2. The summed E-state index contributed by atoms with van der Waals surface area (Å²) < 4.78 is 2.94. The summed E-state index contributed by atoms with van der Waals surface area (Å²) in [6.45, 7) is 0. The second-order valence-corrected chi connectivity index (χ2v) is 12.4. The summed E-state index contributed by atoms with van der Waals surface area (Å²) in [5, 5.41) is 0. The average Bonchev–Trinajstić information content (AvgIpc) is 2.14. The molecule has 0 spiro atoms. The fourth-order valence-electron chi connectivity index (χ4n) is 0.567. The van der Waals surface area contributed by atoms with E-state index in [1.165, 1.54) is 1.93 Å². The number of hydrogen-bond donors (Lipinski definition) is 0. The van der Waals surface area contributed by atoms with Crippen LogP contribution in [0.1, 0.15) is 12.8 Å². The third kappa shape index (κ3) is 2.51. The van der Waals surface area contributed by atoms with Crippen LogP contribution in [0.3, 0.4) is 0 Å². The number of alkyl halides is 3. The first kappa shape index (κ1) is 7.30. The first-order valence-electron chi connectivity index (χ1n) is 2.25. The molecule has 46 valence electrons. The van der Waals surface area contributed by atoms with Gasteiger partial charge in [0.2, 0.25) is 0 Å². The van der Waals surface area contributed by atoms with Crippen LogP contribution in [0.2, 0.25) is 0 Å². The molecule has 0 aromatic carbocycles. The van der Waals surface area contributed by atoms with Gasteiger partial charge in [0.05, 0.1) is 0 Å². The number of hydrogen-bond acceptors (Lipinski definition) is 0. The van der Waals surface area contributed by atoms with Gasteiger partial charge in [-0.2, -0.15) is 0 Å². The van der Waals surface area contributed by atoms with Gasteiger partial charge in [0.15, 0.2) is 0 Å². The van der Waals surface area contributed by atoms with Crippen molar-refractivity contribution in [1.29, 1.82) is 0 Å².